The van der Waals surface area contributed by atoms with Gasteiger partial charge in [-0.15, -0.1) is 0 Å². The Balaban J connectivity index is 1.39. The average molecular weight is 459 g/mol. The van der Waals surface area contributed by atoms with Crippen LogP contribution in [0.1, 0.15) is 99.3 Å². The lowest BCUT2D eigenvalue weighted by Crippen LogP contribution is -2.14. The van der Waals surface area contributed by atoms with E-state index >= 15 is 0 Å². The maximum Gasteiger partial charge on any atom is 0.166 e. The summed E-state index contributed by atoms with van der Waals surface area (Å²) in [5.41, 5.74) is 1.67. The second kappa shape index (κ2) is 10.4. The van der Waals surface area contributed by atoms with Crippen LogP contribution in [0.2, 0.25) is 0 Å². The fourth-order valence-electron chi connectivity index (χ4n) is 5.65. The highest BCUT2D eigenvalue weighted by Crippen LogP contribution is 2.40. The number of rotatable bonds is 5. The summed E-state index contributed by atoms with van der Waals surface area (Å²) < 4.78 is 58.3. The van der Waals surface area contributed by atoms with E-state index in [2.05, 4.69) is 6.92 Å². The van der Waals surface area contributed by atoms with Gasteiger partial charge in [-0.1, -0.05) is 63.1 Å². The topological polar surface area (TPSA) is 0 Å². The maximum atomic E-state index is 14.8. The molecule has 0 atom stereocenters. The first kappa shape index (κ1) is 24.0. The third-order valence-corrected chi connectivity index (χ3v) is 7.93. The molecule has 0 aliphatic heterocycles. The number of aryl methyl sites for hydroxylation is 1. The molecule has 0 aromatic heterocycles. The Kier molecular flexibility index (Phi) is 7.61. The van der Waals surface area contributed by atoms with Crippen LogP contribution in [0.3, 0.4) is 0 Å². The van der Waals surface area contributed by atoms with Gasteiger partial charge < -0.3 is 0 Å². The molecule has 4 heteroatoms. The Morgan fingerprint density at radius 2 is 1.24 bits per heavy atom. The molecule has 2 aromatic rings. The summed E-state index contributed by atoms with van der Waals surface area (Å²) in [5, 5.41) is 0. The maximum absolute atomic E-state index is 14.8. The van der Waals surface area contributed by atoms with Crippen molar-refractivity contribution in [3.8, 4) is 0 Å². The van der Waals surface area contributed by atoms with Crippen LogP contribution in [0.4, 0.5) is 17.6 Å². The Morgan fingerprint density at radius 1 is 0.697 bits per heavy atom. The highest BCUT2D eigenvalue weighted by Gasteiger charge is 2.26. The van der Waals surface area contributed by atoms with E-state index in [0.29, 0.717) is 29.0 Å². The van der Waals surface area contributed by atoms with E-state index in [-0.39, 0.29) is 23.3 Å². The molecule has 0 spiro atoms. The van der Waals surface area contributed by atoms with Crippen LogP contribution in [0.25, 0.3) is 6.08 Å². The summed E-state index contributed by atoms with van der Waals surface area (Å²) >= 11 is 0. The molecule has 0 nitrogen and oxygen atoms in total. The van der Waals surface area contributed by atoms with E-state index < -0.39 is 23.3 Å². The predicted octanol–water partition coefficient (Wildman–Crippen LogP) is 9.09. The molecule has 0 radical (unpaired) electrons. The van der Waals surface area contributed by atoms with Gasteiger partial charge in [-0.2, -0.15) is 0 Å². The highest BCUT2D eigenvalue weighted by molar-refractivity contribution is 5.52. The van der Waals surface area contributed by atoms with Crippen molar-refractivity contribution in [2.24, 2.45) is 11.8 Å². The minimum absolute atomic E-state index is 0.00160. The SMILES string of the molecule is CCc1ccc(C2CCC(/C=C/c3ccc(C4CCC(C)CC4)c(F)c3F)CC2)c(F)c1F. The molecule has 0 saturated heterocycles. The summed E-state index contributed by atoms with van der Waals surface area (Å²) in [7, 11) is 0. The van der Waals surface area contributed by atoms with Gasteiger partial charge in [-0.25, -0.2) is 17.6 Å². The van der Waals surface area contributed by atoms with Crippen LogP contribution >= 0.6 is 0 Å². The molecular formula is C29H34F4. The summed E-state index contributed by atoms with van der Waals surface area (Å²) in [6, 6.07) is 6.87. The van der Waals surface area contributed by atoms with Crippen molar-refractivity contribution in [1.82, 2.24) is 0 Å². The van der Waals surface area contributed by atoms with Gasteiger partial charge in [0.25, 0.3) is 0 Å². The Hall–Kier alpha value is -2.10. The van der Waals surface area contributed by atoms with Crippen LogP contribution in [-0.4, -0.2) is 0 Å². The molecule has 0 amide bonds. The van der Waals surface area contributed by atoms with Gasteiger partial charge in [0.1, 0.15) is 0 Å². The number of benzene rings is 2. The zero-order valence-electron chi connectivity index (χ0n) is 19.6. The monoisotopic (exact) mass is 458 g/mol. The van der Waals surface area contributed by atoms with Crippen LogP contribution in [-0.2, 0) is 6.42 Å². The quantitative estimate of drug-likeness (QED) is 0.392. The first-order chi connectivity index (χ1) is 15.9. The molecule has 33 heavy (non-hydrogen) atoms. The van der Waals surface area contributed by atoms with Gasteiger partial charge >= 0.3 is 0 Å². The van der Waals surface area contributed by atoms with Crippen LogP contribution in [0, 0.1) is 35.1 Å². The van der Waals surface area contributed by atoms with Gasteiger partial charge in [0.05, 0.1) is 0 Å². The molecule has 4 rings (SSSR count). The minimum Gasteiger partial charge on any atom is -0.203 e. The van der Waals surface area contributed by atoms with Crippen molar-refractivity contribution in [3.63, 3.8) is 0 Å². The molecule has 2 fully saturated rings. The van der Waals surface area contributed by atoms with Crippen LogP contribution in [0.5, 0.6) is 0 Å². The van der Waals surface area contributed by atoms with Gasteiger partial charge in [-0.05, 0) is 85.3 Å². The average Bonchev–Trinajstić information content (AvgIpc) is 2.83. The van der Waals surface area contributed by atoms with E-state index in [4.69, 9.17) is 0 Å². The fourth-order valence-corrected chi connectivity index (χ4v) is 5.65. The third kappa shape index (κ3) is 5.20. The largest absolute Gasteiger partial charge is 0.203 e. The first-order valence-electron chi connectivity index (χ1n) is 12.5. The lowest BCUT2D eigenvalue weighted by molar-refractivity contribution is 0.339. The molecule has 178 valence electrons. The van der Waals surface area contributed by atoms with Crippen molar-refractivity contribution in [1.29, 1.82) is 0 Å². The zero-order valence-corrected chi connectivity index (χ0v) is 19.6. The Labute approximate surface area is 195 Å². The molecular weight excluding hydrogens is 424 g/mol. The van der Waals surface area contributed by atoms with Crippen molar-refractivity contribution in [3.05, 3.63) is 75.9 Å². The lowest BCUT2D eigenvalue weighted by Gasteiger charge is -2.28. The number of allylic oxidation sites excluding steroid dienone is 1. The van der Waals surface area contributed by atoms with E-state index in [1.54, 1.807) is 30.3 Å². The van der Waals surface area contributed by atoms with Crippen molar-refractivity contribution >= 4 is 6.08 Å². The van der Waals surface area contributed by atoms with Crippen molar-refractivity contribution < 1.29 is 17.6 Å². The van der Waals surface area contributed by atoms with Crippen LogP contribution < -0.4 is 0 Å². The Morgan fingerprint density at radius 3 is 1.85 bits per heavy atom. The highest BCUT2D eigenvalue weighted by atomic mass is 19.2. The summed E-state index contributed by atoms with van der Waals surface area (Å²) in [4.78, 5) is 0. The minimum atomic E-state index is -0.760. The lowest BCUT2D eigenvalue weighted by atomic mass is 9.78. The second-order valence-electron chi connectivity index (χ2n) is 10.1. The third-order valence-electron chi connectivity index (χ3n) is 7.93. The standard InChI is InChI=1S/C29H34F4/c1-3-20-14-16-24(28(32)26(20)30)22-11-6-19(7-12-22)8-13-23-15-17-25(29(33)27(23)31)21-9-4-18(2)5-10-21/h8,13-19,21-22H,3-7,9-12H2,1-2H3/b13-8+. The normalized spacial score (nSPS) is 26.1. The number of hydrogen-bond donors (Lipinski definition) is 0. The smallest absolute Gasteiger partial charge is 0.166 e. The predicted molar refractivity (Wildman–Crippen MR) is 126 cm³/mol. The zero-order chi connectivity index (χ0) is 23.5. The van der Waals surface area contributed by atoms with Gasteiger partial charge in [0.2, 0.25) is 0 Å². The summed E-state index contributed by atoms with van der Waals surface area (Å²) in [5.74, 6) is -1.89. The van der Waals surface area contributed by atoms with Gasteiger partial charge in [0.15, 0.2) is 23.3 Å². The molecule has 0 unspecified atom stereocenters. The van der Waals surface area contributed by atoms with E-state index in [1.165, 1.54) is 0 Å². The number of hydrogen-bond acceptors (Lipinski definition) is 0. The number of halogens is 4. The second-order valence-corrected chi connectivity index (χ2v) is 10.1. The molecule has 2 aromatic carbocycles. The van der Waals surface area contributed by atoms with E-state index in [1.807, 2.05) is 13.0 Å². The van der Waals surface area contributed by atoms with E-state index in [9.17, 15) is 17.6 Å². The Bertz CT molecular complexity index is 993. The summed E-state index contributed by atoms with van der Waals surface area (Å²) in [6.45, 7) is 4.03. The first-order valence-corrected chi connectivity index (χ1v) is 12.5. The van der Waals surface area contributed by atoms with Gasteiger partial charge in [-0.3, -0.25) is 0 Å². The summed E-state index contributed by atoms with van der Waals surface area (Å²) in [6.07, 6.45) is 11.2. The van der Waals surface area contributed by atoms with Crippen molar-refractivity contribution in [2.75, 3.05) is 0 Å². The van der Waals surface area contributed by atoms with Gasteiger partial charge in [0, 0.05) is 5.56 Å². The van der Waals surface area contributed by atoms with E-state index in [0.717, 1.165) is 51.4 Å². The molecule has 0 bridgehead atoms. The molecule has 0 N–H and O–H groups in total. The van der Waals surface area contributed by atoms with Crippen molar-refractivity contribution in [2.45, 2.75) is 83.5 Å². The molecule has 2 saturated carbocycles. The van der Waals surface area contributed by atoms with Crippen LogP contribution in [0.15, 0.2) is 30.3 Å². The molecule has 2 aliphatic rings. The molecule has 0 heterocycles. The fraction of sp³-hybridized carbons (Fsp3) is 0.517. The molecule has 2 aliphatic carbocycles.